The van der Waals surface area contributed by atoms with E-state index in [1.165, 1.54) is 0 Å². The van der Waals surface area contributed by atoms with Crippen LogP contribution in [0.2, 0.25) is 5.02 Å². The van der Waals surface area contributed by atoms with Gasteiger partial charge < -0.3 is 9.47 Å². The van der Waals surface area contributed by atoms with Crippen molar-refractivity contribution < 1.29 is 9.47 Å². The predicted octanol–water partition coefficient (Wildman–Crippen LogP) is 4.80. The Morgan fingerprint density at radius 1 is 1.16 bits per heavy atom. The summed E-state index contributed by atoms with van der Waals surface area (Å²) in [4.78, 5) is 0. The third-order valence-electron chi connectivity index (χ3n) is 2.69. The first kappa shape index (κ1) is 14.2. The molecule has 2 aromatic rings. The first-order chi connectivity index (χ1) is 9.20. The highest BCUT2D eigenvalue weighted by molar-refractivity contribution is 6.31. The summed E-state index contributed by atoms with van der Waals surface area (Å²) < 4.78 is 10.1. The molecule has 0 N–H and O–H groups in total. The fourth-order valence-electron chi connectivity index (χ4n) is 1.64. The summed E-state index contributed by atoms with van der Waals surface area (Å²) in [6.45, 7) is 0.640. The van der Waals surface area contributed by atoms with Gasteiger partial charge in [-0.25, -0.2) is 0 Å². The Labute approximate surface area is 122 Å². The molecule has 0 amide bonds. The molecule has 0 spiro atoms. The van der Waals surface area contributed by atoms with Crippen molar-refractivity contribution in [2.75, 3.05) is 7.11 Å². The maximum atomic E-state index is 5.79. The van der Waals surface area contributed by atoms with Crippen molar-refractivity contribution in [3.8, 4) is 5.75 Å². The first-order valence-electron chi connectivity index (χ1n) is 5.83. The average molecular weight is 297 g/mol. The lowest BCUT2D eigenvalue weighted by molar-refractivity contribution is 0.170. The molecule has 19 heavy (non-hydrogen) atoms. The number of fused-ring (bicyclic) bond motifs is 3. The molecule has 0 saturated carbocycles. The summed E-state index contributed by atoms with van der Waals surface area (Å²) in [5, 5.41) is 0.818. The SMILES string of the molecule is COC(Cl)c1ccccc1.Clc1cc2ccc1CO2. The highest BCUT2D eigenvalue weighted by atomic mass is 35.5. The van der Waals surface area contributed by atoms with E-state index in [0.717, 1.165) is 21.9 Å². The first-order valence-corrected chi connectivity index (χ1v) is 6.65. The Balaban J connectivity index is 0.000000141. The van der Waals surface area contributed by atoms with E-state index in [2.05, 4.69) is 0 Å². The van der Waals surface area contributed by atoms with Crippen molar-refractivity contribution in [3.05, 3.63) is 64.7 Å². The van der Waals surface area contributed by atoms with E-state index in [1.54, 1.807) is 7.11 Å². The van der Waals surface area contributed by atoms with Crippen molar-refractivity contribution in [1.29, 1.82) is 0 Å². The second-order valence-corrected chi connectivity index (χ2v) is 4.81. The average Bonchev–Trinajstić information content (AvgIpc) is 2.49. The van der Waals surface area contributed by atoms with Gasteiger partial charge in [0, 0.05) is 12.7 Å². The molecule has 2 bridgehead atoms. The largest absolute Gasteiger partial charge is 0.489 e. The van der Waals surface area contributed by atoms with Crippen LogP contribution in [-0.2, 0) is 11.3 Å². The van der Waals surface area contributed by atoms with Gasteiger partial charge in [-0.2, -0.15) is 0 Å². The molecule has 2 heterocycles. The van der Waals surface area contributed by atoms with E-state index >= 15 is 0 Å². The van der Waals surface area contributed by atoms with E-state index in [1.807, 2.05) is 48.5 Å². The summed E-state index contributed by atoms with van der Waals surface area (Å²) in [5.41, 5.74) is 1.75. The third kappa shape index (κ3) is 3.87. The normalized spacial score (nSPS) is 13.2. The van der Waals surface area contributed by atoms with Crippen LogP contribution in [0, 0.1) is 0 Å². The van der Waals surface area contributed by atoms with Crippen LogP contribution in [0.15, 0.2) is 48.5 Å². The summed E-state index contributed by atoms with van der Waals surface area (Å²) in [6, 6.07) is 15.4. The van der Waals surface area contributed by atoms with Crippen LogP contribution in [0.3, 0.4) is 0 Å². The van der Waals surface area contributed by atoms with E-state index in [9.17, 15) is 0 Å². The van der Waals surface area contributed by atoms with Crippen molar-refractivity contribution in [2.45, 2.75) is 12.2 Å². The van der Waals surface area contributed by atoms with Gasteiger partial charge in [0.15, 0.2) is 5.56 Å². The number of ether oxygens (including phenoxy) is 2. The molecule has 0 radical (unpaired) electrons. The zero-order valence-corrected chi connectivity index (χ0v) is 12.0. The molecule has 1 atom stereocenters. The minimum Gasteiger partial charge on any atom is -0.489 e. The number of alkyl halides is 1. The van der Waals surface area contributed by atoms with Gasteiger partial charge in [0.25, 0.3) is 0 Å². The monoisotopic (exact) mass is 296 g/mol. The quantitative estimate of drug-likeness (QED) is 0.741. The molecular formula is C15H14Cl2O2. The van der Waals surface area contributed by atoms with E-state index < -0.39 is 0 Å². The summed E-state index contributed by atoms with van der Waals surface area (Å²) in [7, 11) is 1.59. The molecule has 0 aromatic heterocycles. The Kier molecular flexibility index (Phi) is 5.08. The number of rotatable bonds is 2. The van der Waals surface area contributed by atoms with E-state index in [4.69, 9.17) is 32.7 Å². The van der Waals surface area contributed by atoms with Crippen LogP contribution >= 0.6 is 23.2 Å². The fraction of sp³-hybridized carbons (Fsp3) is 0.200. The maximum Gasteiger partial charge on any atom is 0.156 e. The van der Waals surface area contributed by atoms with Crippen molar-refractivity contribution in [3.63, 3.8) is 0 Å². The van der Waals surface area contributed by atoms with Crippen LogP contribution in [0.4, 0.5) is 0 Å². The Morgan fingerprint density at radius 2 is 1.89 bits per heavy atom. The lowest BCUT2D eigenvalue weighted by Crippen LogP contribution is -2.02. The van der Waals surface area contributed by atoms with Gasteiger partial charge in [0.2, 0.25) is 0 Å². The number of methoxy groups -OCH3 is 1. The molecule has 2 aliphatic heterocycles. The second kappa shape index (κ2) is 6.80. The molecule has 100 valence electrons. The zero-order valence-electron chi connectivity index (χ0n) is 10.5. The maximum absolute atomic E-state index is 5.79. The number of hydrogen-bond donors (Lipinski definition) is 0. The number of hydrogen-bond acceptors (Lipinski definition) is 2. The van der Waals surface area contributed by atoms with Crippen molar-refractivity contribution in [2.24, 2.45) is 0 Å². The van der Waals surface area contributed by atoms with Crippen molar-refractivity contribution >= 4 is 23.2 Å². The molecule has 0 saturated heterocycles. The van der Waals surface area contributed by atoms with Gasteiger partial charge in [-0.1, -0.05) is 59.6 Å². The Hall–Kier alpha value is -1.22. The fourth-order valence-corrected chi connectivity index (χ4v) is 2.01. The Bertz CT molecular complexity index is 529. The summed E-state index contributed by atoms with van der Waals surface area (Å²) in [6.07, 6.45) is 0. The van der Waals surface area contributed by atoms with E-state index in [-0.39, 0.29) is 5.56 Å². The van der Waals surface area contributed by atoms with Gasteiger partial charge in [0.1, 0.15) is 12.4 Å². The smallest absolute Gasteiger partial charge is 0.156 e. The van der Waals surface area contributed by atoms with Crippen LogP contribution in [0.5, 0.6) is 5.75 Å². The number of benzene rings is 2. The molecule has 2 nitrogen and oxygen atoms in total. The highest BCUT2D eigenvalue weighted by Crippen LogP contribution is 2.28. The second-order valence-electron chi connectivity index (χ2n) is 4.00. The van der Waals surface area contributed by atoms with Gasteiger partial charge in [-0.05, 0) is 17.7 Å². The number of halogens is 2. The van der Waals surface area contributed by atoms with Crippen LogP contribution < -0.4 is 4.74 Å². The lowest BCUT2D eigenvalue weighted by atomic mass is 10.2. The topological polar surface area (TPSA) is 18.5 Å². The standard InChI is InChI=1S/C8H9ClO.C7H5ClO/c1-10-8(9)7-5-3-2-4-6-7;8-7-3-6-2-1-5(7)4-9-6/h2-6,8H,1H3;1-3H,4H2. The van der Waals surface area contributed by atoms with Gasteiger partial charge in [0.05, 0.1) is 5.02 Å². The van der Waals surface area contributed by atoms with Gasteiger partial charge in [-0.15, -0.1) is 0 Å². The van der Waals surface area contributed by atoms with Gasteiger partial charge >= 0.3 is 0 Å². The molecule has 1 unspecified atom stereocenters. The molecule has 4 rings (SSSR count). The lowest BCUT2D eigenvalue weighted by Gasteiger charge is -2.14. The van der Waals surface area contributed by atoms with Crippen LogP contribution in [0.1, 0.15) is 16.7 Å². The predicted molar refractivity (Wildman–Crippen MR) is 77.8 cm³/mol. The van der Waals surface area contributed by atoms with Crippen molar-refractivity contribution in [1.82, 2.24) is 0 Å². The molecule has 0 fully saturated rings. The molecule has 4 heteroatoms. The third-order valence-corrected chi connectivity index (χ3v) is 3.47. The summed E-state index contributed by atoms with van der Waals surface area (Å²) >= 11 is 11.6. The molecule has 0 aliphatic carbocycles. The summed E-state index contributed by atoms with van der Waals surface area (Å²) in [5.74, 6) is 0.870. The molecule has 2 aromatic carbocycles. The van der Waals surface area contributed by atoms with E-state index in [0.29, 0.717) is 6.61 Å². The minimum absolute atomic E-state index is 0.318. The Morgan fingerprint density at radius 3 is 2.26 bits per heavy atom. The van der Waals surface area contributed by atoms with Crippen LogP contribution in [-0.4, -0.2) is 7.11 Å². The molecule has 2 aliphatic rings. The van der Waals surface area contributed by atoms with Crippen LogP contribution in [0.25, 0.3) is 0 Å². The zero-order chi connectivity index (χ0) is 13.7. The highest BCUT2D eigenvalue weighted by Gasteiger charge is 2.08. The molecular weight excluding hydrogens is 283 g/mol. The van der Waals surface area contributed by atoms with Gasteiger partial charge in [-0.3, -0.25) is 0 Å². The minimum atomic E-state index is -0.318.